The van der Waals surface area contributed by atoms with Crippen LogP contribution in [0.15, 0.2) is 30.7 Å². The van der Waals surface area contributed by atoms with E-state index in [1.165, 1.54) is 12.4 Å². The summed E-state index contributed by atoms with van der Waals surface area (Å²) in [4.78, 5) is 8.36. The van der Waals surface area contributed by atoms with E-state index in [2.05, 4.69) is 25.1 Å². The summed E-state index contributed by atoms with van der Waals surface area (Å²) in [6.07, 6.45) is 3.89. The van der Waals surface area contributed by atoms with E-state index in [0.717, 1.165) is 11.8 Å². The lowest BCUT2D eigenvalue weighted by Gasteiger charge is -2.14. The highest BCUT2D eigenvalue weighted by atomic mass is 19.3. The van der Waals surface area contributed by atoms with Crippen molar-refractivity contribution in [2.75, 3.05) is 11.9 Å². The fraction of sp³-hybridized carbons (Fsp3) is 0.353. The summed E-state index contributed by atoms with van der Waals surface area (Å²) in [6.45, 7) is -0.197. The Morgan fingerprint density at radius 1 is 1.27 bits per heavy atom. The van der Waals surface area contributed by atoms with Crippen LogP contribution in [0.5, 0.6) is 11.5 Å². The number of ether oxygens (including phenoxy) is 2. The average Bonchev–Trinajstić information content (AvgIpc) is 3.00. The molecule has 0 aliphatic rings. The monoisotopic (exact) mass is 363 g/mol. The van der Waals surface area contributed by atoms with Gasteiger partial charge in [0.2, 0.25) is 0 Å². The first-order chi connectivity index (χ1) is 12.6. The molecule has 0 bridgehead atoms. The van der Waals surface area contributed by atoms with E-state index in [0.29, 0.717) is 29.4 Å². The van der Waals surface area contributed by atoms with Crippen LogP contribution in [0.25, 0.3) is 11.0 Å². The molecular formula is C17H19F2N5O2. The van der Waals surface area contributed by atoms with Gasteiger partial charge in [0.15, 0.2) is 5.65 Å². The van der Waals surface area contributed by atoms with Gasteiger partial charge in [0.25, 0.3) is 0 Å². The summed E-state index contributed by atoms with van der Waals surface area (Å²) in [5.41, 5.74) is 1.24. The third-order valence-corrected chi connectivity index (χ3v) is 3.70. The van der Waals surface area contributed by atoms with E-state index in [-0.39, 0.29) is 12.3 Å². The zero-order chi connectivity index (χ0) is 18.5. The molecule has 9 heteroatoms. The summed E-state index contributed by atoms with van der Waals surface area (Å²) < 4.78 is 37.2. The minimum atomic E-state index is -2.92. The number of anilines is 1. The molecule has 2 aromatic heterocycles. The second-order valence-corrected chi connectivity index (χ2v) is 5.58. The molecule has 0 fully saturated rings. The third kappa shape index (κ3) is 3.98. The van der Waals surface area contributed by atoms with Crippen LogP contribution in [0.3, 0.4) is 0 Å². The second kappa shape index (κ2) is 7.94. The van der Waals surface area contributed by atoms with E-state index >= 15 is 0 Å². The molecule has 3 aromatic rings. The lowest BCUT2D eigenvalue weighted by molar-refractivity contribution is -0.0505. The Hall–Kier alpha value is -2.97. The van der Waals surface area contributed by atoms with Crippen LogP contribution in [0, 0.1) is 0 Å². The molecule has 0 atom stereocenters. The van der Waals surface area contributed by atoms with Gasteiger partial charge in [-0.05, 0) is 18.6 Å². The maximum atomic E-state index is 12.7. The van der Waals surface area contributed by atoms with Gasteiger partial charge in [-0.3, -0.25) is 4.68 Å². The van der Waals surface area contributed by atoms with Gasteiger partial charge in [-0.1, -0.05) is 6.92 Å². The molecule has 2 heterocycles. The lowest BCUT2D eigenvalue weighted by Crippen LogP contribution is -2.08. The molecule has 0 saturated heterocycles. The number of aromatic nitrogens is 4. The first-order valence-electron chi connectivity index (χ1n) is 8.15. The van der Waals surface area contributed by atoms with Crippen LogP contribution in [-0.2, 0) is 13.6 Å². The normalized spacial score (nSPS) is 11.1. The van der Waals surface area contributed by atoms with Crippen molar-refractivity contribution in [1.29, 1.82) is 0 Å². The lowest BCUT2D eigenvalue weighted by atomic mass is 10.2. The molecule has 26 heavy (non-hydrogen) atoms. The Kier molecular flexibility index (Phi) is 5.45. The summed E-state index contributed by atoms with van der Waals surface area (Å²) >= 11 is 0. The summed E-state index contributed by atoms with van der Waals surface area (Å²) in [5, 5.41) is 8.01. The van der Waals surface area contributed by atoms with Crippen molar-refractivity contribution in [3.8, 4) is 11.5 Å². The van der Waals surface area contributed by atoms with Crippen LogP contribution in [-0.4, -0.2) is 33.0 Å². The molecule has 0 spiro atoms. The van der Waals surface area contributed by atoms with Crippen LogP contribution < -0.4 is 14.8 Å². The number of halogens is 2. The highest BCUT2D eigenvalue weighted by Gasteiger charge is 2.13. The second-order valence-electron chi connectivity index (χ2n) is 5.58. The molecule has 0 unspecified atom stereocenters. The first-order valence-corrected chi connectivity index (χ1v) is 8.15. The minimum absolute atomic E-state index is 0.0672. The van der Waals surface area contributed by atoms with Crippen LogP contribution in [0.1, 0.15) is 18.9 Å². The van der Waals surface area contributed by atoms with Gasteiger partial charge in [0, 0.05) is 25.2 Å². The summed E-state index contributed by atoms with van der Waals surface area (Å²) in [6, 6.07) is 4.89. The molecule has 1 N–H and O–H groups in total. The smallest absolute Gasteiger partial charge is 0.387 e. The van der Waals surface area contributed by atoms with E-state index in [4.69, 9.17) is 4.74 Å². The Labute approximate surface area is 149 Å². The van der Waals surface area contributed by atoms with E-state index < -0.39 is 6.61 Å². The number of fused-ring (bicyclic) bond motifs is 1. The van der Waals surface area contributed by atoms with Crippen molar-refractivity contribution in [2.45, 2.75) is 26.5 Å². The van der Waals surface area contributed by atoms with Crippen LogP contribution in [0.4, 0.5) is 14.6 Å². The SMILES string of the molecule is CCCOc1ccc(CNc2ncnc3c2cnn3C)c(OC(F)F)c1. The van der Waals surface area contributed by atoms with E-state index in [1.807, 2.05) is 6.92 Å². The predicted molar refractivity (Wildman–Crippen MR) is 92.5 cm³/mol. The zero-order valence-electron chi connectivity index (χ0n) is 14.4. The number of nitrogens with one attached hydrogen (secondary N) is 1. The maximum Gasteiger partial charge on any atom is 0.387 e. The van der Waals surface area contributed by atoms with Gasteiger partial charge in [0.1, 0.15) is 23.6 Å². The number of hydrogen-bond donors (Lipinski definition) is 1. The molecule has 7 nitrogen and oxygen atoms in total. The van der Waals surface area contributed by atoms with E-state index in [1.54, 1.807) is 30.1 Å². The molecule has 0 saturated carbocycles. The van der Waals surface area contributed by atoms with Gasteiger partial charge in [-0.2, -0.15) is 13.9 Å². The molecule has 138 valence electrons. The topological polar surface area (TPSA) is 74.1 Å². The number of rotatable bonds is 8. The minimum Gasteiger partial charge on any atom is -0.493 e. The fourth-order valence-corrected chi connectivity index (χ4v) is 2.48. The van der Waals surface area contributed by atoms with Crippen LogP contribution in [0.2, 0.25) is 0 Å². The molecule has 0 aliphatic carbocycles. The Morgan fingerprint density at radius 2 is 2.12 bits per heavy atom. The number of nitrogens with zero attached hydrogens (tertiary/aromatic N) is 4. The Bertz CT molecular complexity index is 885. The number of aryl methyl sites for hydroxylation is 1. The summed E-state index contributed by atoms with van der Waals surface area (Å²) in [5.74, 6) is 1.12. The van der Waals surface area contributed by atoms with Gasteiger partial charge in [-0.25, -0.2) is 9.97 Å². The first kappa shape index (κ1) is 17.8. The van der Waals surface area contributed by atoms with Gasteiger partial charge >= 0.3 is 6.61 Å². The maximum absolute atomic E-state index is 12.7. The number of hydrogen-bond acceptors (Lipinski definition) is 6. The molecular weight excluding hydrogens is 344 g/mol. The average molecular weight is 363 g/mol. The van der Waals surface area contributed by atoms with Crippen molar-refractivity contribution in [2.24, 2.45) is 7.05 Å². The van der Waals surface area contributed by atoms with Crippen molar-refractivity contribution >= 4 is 16.9 Å². The number of benzene rings is 1. The molecule has 1 aromatic carbocycles. The van der Waals surface area contributed by atoms with Crippen molar-refractivity contribution in [1.82, 2.24) is 19.7 Å². The molecule has 0 radical (unpaired) electrons. The number of alkyl halides is 2. The molecule has 0 amide bonds. The highest BCUT2D eigenvalue weighted by Crippen LogP contribution is 2.28. The quantitative estimate of drug-likeness (QED) is 0.661. The Balaban J connectivity index is 1.81. The highest BCUT2D eigenvalue weighted by molar-refractivity contribution is 5.85. The van der Waals surface area contributed by atoms with Gasteiger partial charge < -0.3 is 14.8 Å². The van der Waals surface area contributed by atoms with Crippen molar-refractivity contribution in [3.63, 3.8) is 0 Å². The summed E-state index contributed by atoms with van der Waals surface area (Å²) in [7, 11) is 1.78. The van der Waals surface area contributed by atoms with E-state index in [9.17, 15) is 8.78 Å². The third-order valence-electron chi connectivity index (χ3n) is 3.70. The van der Waals surface area contributed by atoms with Crippen molar-refractivity contribution in [3.05, 3.63) is 36.3 Å². The van der Waals surface area contributed by atoms with Crippen molar-refractivity contribution < 1.29 is 18.3 Å². The van der Waals surface area contributed by atoms with Gasteiger partial charge in [-0.15, -0.1) is 0 Å². The molecule has 3 rings (SSSR count). The fourth-order valence-electron chi connectivity index (χ4n) is 2.48. The van der Waals surface area contributed by atoms with Gasteiger partial charge in [0.05, 0.1) is 18.2 Å². The Morgan fingerprint density at radius 3 is 2.88 bits per heavy atom. The van der Waals surface area contributed by atoms with Crippen LogP contribution >= 0.6 is 0 Å². The predicted octanol–water partition coefficient (Wildman–Crippen LogP) is 3.37. The largest absolute Gasteiger partial charge is 0.493 e. The standard InChI is InChI=1S/C17H19F2N5O2/c1-3-6-25-12-5-4-11(14(7-12)26-17(18)19)8-20-15-13-9-23-24(2)16(13)22-10-21-15/h4-5,7,9-10,17H,3,6,8H2,1-2H3,(H,20,21,22). The molecule has 0 aliphatic heterocycles. The zero-order valence-corrected chi connectivity index (χ0v) is 14.4.